The number of nitrogens with two attached hydrogens (primary N) is 1. The lowest BCUT2D eigenvalue weighted by atomic mass is 10.1. The molecule has 0 saturated carbocycles. The molecule has 108 valence electrons. The second-order valence-electron chi connectivity index (χ2n) is 4.50. The van der Waals surface area contributed by atoms with E-state index < -0.39 is 5.54 Å². The van der Waals surface area contributed by atoms with Crippen molar-refractivity contribution in [2.45, 2.75) is 19.4 Å². The van der Waals surface area contributed by atoms with Gasteiger partial charge in [-0.3, -0.25) is 4.79 Å². The van der Waals surface area contributed by atoms with Gasteiger partial charge in [0.25, 0.3) is 5.91 Å². The molecule has 0 spiro atoms. The molecule has 0 bridgehead atoms. The number of hydrogen-bond acceptors (Lipinski definition) is 3. The fourth-order valence-corrected chi connectivity index (χ4v) is 1.47. The summed E-state index contributed by atoms with van der Waals surface area (Å²) in [6.45, 7) is 3.93. The molecular weight excluding hydrogens is 311 g/mol. The summed E-state index contributed by atoms with van der Waals surface area (Å²) in [4.78, 5) is 11.6. The van der Waals surface area contributed by atoms with Crippen LogP contribution in [0.1, 0.15) is 13.8 Å². The van der Waals surface area contributed by atoms with Crippen molar-refractivity contribution in [1.29, 1.82) is 0 Å². The highest BCUT2D eigenvalue weighted by Gasteiger charge is 2.18. The molecule has 1 rings (SSSR count). The Kier molecular flexibility index (Phi) is 7.52. The van der Waals surface area contributed by atoms with Crippen molar-refractivity contribution >= 4 is 41.5 Å². The third-order valence-corrected chi connectivity index (χ3v) is 2.99. The van der Waals surface area contributed by atoms with Gasteiger partial charge in [-0.1, -0.05) is 23.2 Å². The van der Waals surface area contributed by atoms with Gasteiger partial charge in [-0.05, 0) is 26.0 Å². The van der Waals surface area contributed by atoms with Gasteiger partial charge in [0.1, 0.15) is 5.75 Å². The summed E-state index contributed by atoms with van der Waals surface area (Å²) in [5.74, 6) is 0.252. The molecule has 1 aromatic rings. The van der Waals surface area contributed by atoms with Crippen molar-refractivity contribution in [3.05, 3.63) is 28.2 Å². The number of carbonyl (C=O) groups excluding carboxylic acids is 1. The molecule has 0 radical (unpaired) electrons. The summed E-state index contributed by atoms with van der Waals surface area (Å²) >= 11 is 11.6. The number of benzene rings is 1. The number of carbonyl (C=O) groups is 1. The van der Waals surface area contributed by atoms with Gasteiger partial charge in [0.05, 0.1) is 10.0 Å². The molecule has 0 fully saturated rings. The Morgan fingerprint density at radius 3 is 2.53 bits per heavy atom. The Morgan fingerprint density at radius 2 is 2.00 bits per heavy atom. The monoisotopic (exact) mass is 326 g/mol. The predicted octanol–water partition coefficient (Wildman–Crippen LogP) is 2.65. The average molecular weight is 328 g/mol. The highest BCUT2D eigenvalue weighted by atomic mass is 35.5. The van der Waals surface area contributed by atoms with Crippen molar-refractivity contribution < 1.29 is 9.53 Å². The molecule has 19 heavy (non-hydrogen) atoms. The molecule has 0 unspecified atom stereocenters. The van der Waals surface area contributed by atoms with Crippen molar-refractivity contribution in [1.82, 2.24) is 5.32 Å². The van der Waals surface area contributed by atoms with E-state index in [1.165, 1.54) is 0 Å². The van der Waals surface area contributed by atoms with Crippen LogP contribution in [0, 0.1) is 0 Å². The summed E-state index contributed by atoms with van der Waals surface area (Å²) < 4.78 is 5.30. The van der Waals surface area contributed by atoms with Crippen LogP contribution in [0.4, 0.5) is 0 Å². The van der Waals surface area contributed by atoms with Crippen LogP contribution in [0.15, 0.2) is 18.2 Å². The molecule has 0 atom stereocenters. The number of amides is 1. The van der Waals surface area contributed by atoms with E-state index in [1.54, 1.807) is 18.2 Å². The zero-order chi connectivity index (χ0) is 13.8. The summed E-state index contributed by atoms with van der Waals surface area (Å²) in [5.41, 5.74) is 5.06. The zero-order valence-corrected chi connectivity index (χ0v) is 13.0. The molecule has 3 N–H and O–H groups in total. The van der Waals surface area contributed by atoms with Gasteiger partial charge >= 0.3 is 0 Å². The summed E-state index contributed by atoms with van der Waals surface area (Å²) in [5, 5.41) is 3.58. The Labute approximate surface area is 129 Å². The molecular formula is C12H17Cl3N2O2. The van der Waals surface area contributed by atoms with Crippen LogP contribution in [0.3, 0.4) is 0 Å². The fourth-order valence-electron chi connectivity index (χ4n) is 1.18. The minimum Gasteiger partial charge on any atom is -0.484 e. The second-order valence-corrected chi connectivity index (χ2v) is 5.32. The summed E-state index contributed by atoms with van der Waals surface area (Å²) in [6, 6.07) is 4.82. The lowest BCUT2D eigenvalue weighted by molar-refractivity contribution is -0.124. The van der Waals surface area contributed by atoms with Crippen LogP contribution in [-0.4, -0.2) is 24.6 Å². The van der Waals surface area contributed by atoms with E-state index >= 15 is 0 Å². The van der Waals surface area contributed by atoms with Crippen LogP contribution in [0.25, 0.3) is 0 Å². The van der Waals surface area contributed by atoms with Crippen molar-refractivity contribution in [2.24, 2.45) is 5.73 Å². The summed E-state index contributed by atoms with van der Waals surface area (Å²) in [6.07, 6.45) is 0. The zero-order valence-electron chi connectivity index (χ0n) is 10.7. The normalized spacial score (nSPS) is 10.6. The van der Waals surface area contributed by atoms with E-state index in [-0.39, 0.29) is 24.9 Å². The van der Waals surface area contributed by atoms with E-state index in [4.69, 9.17) is 33.7 Å². The fraction of sp³-hybridized carbons (Fsp3) is 0.417. The minimum absolute atomic E-state index is 0. The van der Waals surface area contributed by atoms with Crippen molar-refractivity contribution in [2.75, 3.05) is 13.2 Å². The summed E-state index contributed by atoms with van der Waals surface area (Å²) in [7, 11) is 0. The van der Waals surface area contributed by atoms with Crippen LogP contribution in [0.2, 0.25) is 10.0 Å². The SMILES string of the molecule is CC(C)(CN)NC(=O)COc1ccc(Cl)c(Cl)c1.Cl. The Balaban J connectivity index is 0.00000324. The molecule has 0 aliphatic carbocycles. The molecule has 0 aliphatic heterocycles. The van der Waals surface area contributed by atoms with Gasteiger partial charge in [-0.2, -0.15) is 0 Å². The van der Waals surface area contributed by atoms with E-state index in [2.05, 4.69) is 5.32 Å². The van der Waals surface area contributed by atoms with Gasteiger partial charge in [0.15, 0.2) is 6.61 Å². The molecule has 7 heteroatoms. The number of nitrogens with one attached hydrogen (secondary N) is 1. The first-order valence-corrected chi connectivity index (χ1v) is 6.18. The lowest BCUT2D eigenvalue weighted by Gasteiger charge is -2.24. The van der Waals surface area contributed by atoms with Gasteiger partial charge < -0.3 is 15.8 Å². The maximum absolute atomic E-state index is 11.6. The van der Waals surface area contributed by atoms with Gasteiger partial charge in [-0.25, -0.2) is 0 Å². The van der Waals surface area contributed by atoms with Gasteiger partial charge in [-0.15, -0.1) is 12.4 Å². The Morgan fingerprint density at radius 1 is 1.37 bits per heavy atom. The third kappa shape index (κ3) is 6.34. The minimum atomic E-state index is -0.446. The molecule has 0 aliphatic rings. The van der Waals surface area contributed by atoms with E-state index in [0.29, 0.717) is 22.3 Å². The standard InChI is InChI=1S/C12H16Cl2N2O2.ClH/c1-12(2,7-15)16-11(17)6-18-8-3-4-9(13)10(14)5-8;/h3-5H,6-7,15H2,1-2H3,(H,16,17);1H. The average Bonchev–Trinajstić information content (AvgIpc) is 2.30. The van der Waals surface area contributed by atoms with Crippen LogP contribution in [-0.2, 0) is 4.79 Å². The van der Waals surface area contributed by atoms with E-state index in [9.17, 15) is 4.79 Å². The largest absolute Gasteiger partial charge is 0.484 e. The number of rotatable bonds is 5. The predicted molar refractivity (Wildman–Crippen MR) is 80.5 cm³/mol. The molecule has 0 aromatic heterocycles. The number of halogens is 3. The molecule has 0 saturated heterocycles. The molecule has 1 amide bonds. The first kappa shape index (κ1) is 18.3. The molecule has 0 heterocycles. The number of ether oxygens (including phenoxy) is 1. The second kappa shape index (κ2) is 7.80. The maximum Gasteiger partial charge on any atom is 0.258 e. The Bertz CT molecular complexity index is 439. The van der Waals surface area contributed by atoms with Crippen molar-refractivity contribution in [3.63, 3.8) is 0 Å². The quantitative estimate of drug-likeness (QED) is 0.874. The van der Waals surface area contributed by atoms with Crippen molar-refractivity contribution in [3.8, 4) is 5.75 Å². The number of hydrogen-bond donors (Lipinski definition) is 2. The van der Waals surface area contributed by atoms with E-state index in [0.717, 1.165) is 0 Å². The van der Waals surface area contributed by atoms with Gasteiger partial charge in [0, 0.05) is 18.2 Å². The Hall–Kier alpha value is -0.680. The first-order chi connectivity index (χ1) is 8.34. The smallest absolute Gasteiger partial charge is 0.258 e. The van der Waals surface area contributed by atoms with E-state index in [1.807, 2.05) is 13.8 Å². The maximum atomic E-state index is 11.6. The molecule has 4 nitrogen and oxygen atoms in total. The highest BCUT2D eigenvalue weighted by Crippen LogP contribution is 2.26. The first-order valence-electron chi connectivity index (χ1n) is 5.43. The molecule has 1 aromatic carbocycles. The van der Waals surface area contributed by atoms with Crippen LogP contribution in [0.5, 0.6) is 5.75 Å². The topological polar surface area (TPSA) is 64.3 Å². The lowest BCUT2D eigenvalue weighted by Crippen LogP contribution is -2.50. The van der Waals surface area contributed by atoms with Crippen LogP contribution < -0.4 is 15.8 Å². The van der Waals surface area contributed by atoms with Gasteiger partial charge in [0.2, 0.25) is 0 Å². The van der Waals surface area contributed by atoms with Crippen LogP contribution >= 0.6 is 35.6 Å². The third-order valence-electron chi connectivity index (χ3n) is 2.25. The highest BCUT2D eigenvalue weighted by molar-refractivity contribution is 6.42.